The first-order chi connectivity index (χ1) is 18.4. The van der Waals surface area contributed by atoms with Crippen molar-refractivity contribution in [3.63, 3.8) is 0 Å². The van der Waals surface area contributed by atoms with Crippen molar-refractivity contribution in [2.75, 3.05) is 41.8 Å². The third-order valence-corrected chi connectivity index (χ3v) is 6.52. The largest absolute Gasteiger partial charge is 0.378 e. The van der Waals surface area contributed by atoms with E-state index < -0.39 is 0 Å². The number of pyridine rings is 2. The maximum absolute atomic E-state index is 14.2. The summed E-state index contributed by atoms with van der Waals surface area (Å²) in [5, 5.41) is 6.89. The van der Waals surface area contributed by atoms with E-state index >= 15 is 0 Å². The number of nitrogens with one attached hydrogen (secondary N) is 2. The summed E-state index contributed by atoms with van der Waals surface area (Å²) in [6, 6.07) is 10.0. The fourth-order valence-electron chi connectivity index (χ4n) is 4.04. The topological polar surface area (TPSA) is 105 Å². The van der Waals surface area contributed by atoms with E-state index in [0.717, 1.165) is 5.56 Å². The fourth-order valence-corrected chi connectivity index (χ4v) is 4.41. The third-order valence-electron chi connectivity index (χ3n) is 5.77. The molecule has 3 aromatic heterocycles. The van der Waals surface area contributed by atoms with Crippen molar-refractivity contribution in [3.8, 4) is 11.4 Å². The van der Waals surface area contributed by atoms with Crippen molar-refractivity contribution in [2.45, 2.75) is 27.7 Å². The maximum Gasteiger partial charge on any atom is 0.229 e. The number of aromatic nitrogens is 4. The van der Waals surface area contributed by atoms with Crippen LogP contribution in [0.1, 0.15) is 26.3 Å². The second-order valence-corrected chi connectivity index (χ2v) is 9.07. The summed E-state index contributed by atoms with van der Waals surface area (Å²) in [6.07, 6.45) is 1.69. The van der Waals surface area contributed by atoms with Crippen LogP contribution < -0.4 is 15.5 Å². The van der Waals surface area contributed by atoms with E-state index in [9.17, 15) is 9.18 Å². The van der Waals surface area contributed by atoms with Crippen LogP contribution in [-0.4, -0.2) is 52.1 Å². The number of carbonyl (C=O) groups is 1. The van der Waals surface area contributed by atoms with Crippen LogP contribution in [-0.2, 0) is 9.53 Å². The first-order valence-electron chi connectivity index (χ1n) is 12.4. The molecule has 4 heterocycles. The molecule has 0 saturated carbocycles. The van der Waals surface area contributed by atoms with E-state index in [0.29, 0.717) is 76.3 Å². The standard InChI is InChI=1S/C25H23BrFN7O2.C2H6/c1-14-21(17-7-6-16(27)13-19(17)30-22(14)18-5-3-4-8-28-18)31-24-20(26)23(29-15(2)35)32-25(33-24)34-9-11-36-12-10-34;1-2/h3-8,13H,9-12H2,1-2H3,(H2,29,30,31,32,33,35);1-2H3. The monoisotopic (exact) mass is 581 g/mol. The van der Waals surface area contributed by atoms with Gasteiger partial charge in [0, 0.05) is 43.2 Å². The van der Waals surface area contributed by atoms with Gasteiger partial charge in [-0.25, -0.2) is 9.37 Å². The molecule has 1 aromatic carbocycles. The summed E-state index contributed by atoms with van der Waals surface area (Å²) >= 11 is 3.56. The van der Waals surface area contributed by atoms with Gasteiger partial charge in [0.1, 0.15) is 10.3 Å². The lowest BCUT2D eigenvalue weighted by Gasteiger charge is -2.28. The molecular weight excluding hydrogens is 553 g/mol. The maximum atomic E-state index is 14.2. The summed E-state index contributed by atoms with van der Waals surface area (Å²) in [6.45, 7) is 9.72. The molecule has 11 heteroatoms. The Kier molecular flexibility index (Phi) is 8.80. The quantitative estimate of drug-likeness (QED) is 0.302. The van der Waals surface area contributed by atoms with Gasteiger partial charge in [-0.1, -0.05) is 19.9 Å². The highest BCUT2D eigenvalue weighted by Gasteiger charge is 2.22. The Morgan fingerprint density at radius 3 is 2.50 bits per heavy atom. The Morgan fingerprint density at radius 1 is 1.08 bits per heavy atom. The zero-order valence-electron chi connectivity index (χ0n) is 21.7. The van der Waals surface area contributed by atoms with Crippen LogP contribution >= 0.6 is 15.9 Å². The highest BCUT2D eigenvalue weighted by atomic mass is 79.9. The number of morpholine rings is 1. The average molecular weight is 582 g/mol. The van der Waals surface area contributed by atoms with Crippen molar-refractivity contribution in [1.29, 1.82) is 0 Å². The molecule has 5 rings (SSSR count). The molecule has 38 heavy (non-hydrogen) atoms. The molecule has 0 unspecified atom stereocenters. The summed E-state index contributed by atoms with van der Waals surface area (Å²) in [5.41, 5.74) is 3.27. The van der Waals surface area contributed by atoms with Gasteiger partial charge in [-0.2, -0.15) is 9.97 Å². The van der Waals surface area contributed by atoms with Crippen molar-refractivity contribution in [1.82, 2.24) is 19.9 Å². The van der Waals surface area contributed by atoms with Crippen LogP contribution in [0.3, 0.4) is 0 Å². The number of benzene rings is 1. The third kappa shape index (κ3) is 5.89. The predicted molar refractivity (Wildman–Crippen MR) is 151 cm³/mol. The first kappa shape index (κ1) is 27.3. The molecule has 0 bridgehead atoms. The number of rotatable bonds is 5. The van der Waals surface area contributed by atoms with Crippen LogP contribution in [0.25, 0.3) is 22.3 Å². The smallest absolute Gasteiger partial charge is 0.229 e. The highest BCUT2D eigenvalue weighted by molar-refractivity contribution is 9.10. The Balaban J connectivity index is 0.00000164. The van der Waals surface area contributed by atoms with Crippen LogP contribution in [0, 0.1) is 12.7 Å². The summed E-state index contributed by atoms with van der Waals surface area (Å²) in [5.74, 6) is 0.602. The number of hydrogen-bond donors (Lipinski definition) is 2. The summed E-state index contributed by atoms with van der Waals surface area (Å²) in [4.78, 5) is 32.4. The second kappa shape index (κ2) is 12.2. The first-order valence-corrected chi connectivity index (χ1v) is 13.2. The zero-order valence-corrected chi connectivity index (χ0v) is 23.3. The van der Waals surface area contributed by atoms with E-state index in [4.69, 9.17) is 14.7 Å². The van der Waals surface area contributed by atoms with Crippen molar-refractivity contribution in [2.24, 2.45) is 0 Å². The zero-order chi connectivity index (χ0) is 27.2. The molecule has 0 atom stereocenters. The summed E-state index contributed by atoms with van der Waals surface area (Å²) in [7, 11) is 0. The van der Waals surface area contributed by atoms with Gasteiger partial charge in [-0.15, -0.1) is 0 Å². The molecule has 1 fully saturated rings. The normalized spacial score (nSPS) is 13.1. The van der Waals surface area contributed by atoms with Crippen molar-refractivity contribution < 1.29 is 13.9 Å². The minimum atomic E-state index is -0.387. The number of hydrogen-bond acceptors (Lipinski definition) is 8. The molecular formula is C27H29BrFN7O2. The Bertz CT molecular complexity index is 1450. The van der Waals surface area contributed by atoms with Gasteiger partial charge < -0.3 is 20.3 Å². The lowest BCUT2D eigenvalue weighted by molar-refractivity contribution is -0.114. The van der Waals surface area contributed by atoms with Crippen molar-refractivity contribution >= 4 is 56.0 Å². The van der Waals surface area contributed by atoms with Crippen LogP contribution in [0.4, 0.5) is 27.7 Å². The molecule has 1 aliphatic rings. The minimum absolute atomic E-state index is 0.258. The lowest BCUT2D eigenvalue weighted by Crippen LogP contribution is -2.37. The lowest BCUT2D eigenvalue weighted by atomic mass is 10.0. The molecule has 0 radical (unpaired) electrons. The molecule has 4 aromatic rings. The van der Waals surface area contributed by atoms with Gasteiger partial charge in [0.15, 0.2) is 11.6 Å². The summed E-state index contributed by atoms with van der Waals surface area (Å²) < 4.78 is 20.1. The molecule has 0 spiro atoms. The van der Waals surface area contributed by atoms with Crippen LogP contribution in [0.5, 0.6) is 0 Å². The minimum Gasteiger partial charge on any atom is -0.378 e. The molecule has 2 N–H and O–H groups in total. The number of anilines is 4. The molecule has 1 saturated heterocycles. The van der Waals surface area contributed by atoms with Gasteiger partial charge in [0.25, 0.3) is 0 Å². The molecule has 198 valence electrons. The van der Waals surface area contributed by atoms with Crippen LogP contribution in [0.15, 0.2) is 47.1 Å². The van der Waals surface area contributed by atoms with Gasteiger partial charge in [-0.3, -0.25) is 9.78 Å². The number of fused-ring (bicyclic) bond motifs is 1. The highest BCUT2D eigenvalue weighted by Crippen LogP contribution is 2.38. The van der Waals surface area contributed by atoms with Gasteiger partial charge >= 0.3 is 0 Å². The Hall–Kier alpha value is -3.70. The fraction of sp³-hybridized carbons (Fsp3) is 0.296. The SMILES string of the molecule is CC.CC(=O)Nc1nc(N2CCOCC2)nc(Nc2c(C)c(-c3ccccn3)nc3cc(F)ccc23)c1Br. The van der Waals surface area contributed by atoms with E-state index in [2.05, 4.69) is 36.5 Å². The second-order valence-electron chi connectivity index (χ2n) is 8.28. The van der Waals surface area contributed by atoms with Crippen molar-refractivity contribution in [3.05, 3.63) is 58.4 Å². The van der Waals surface area contributed by atoms with E-state index in [1.54, 1.807) is 12.3 Å². The Labute approximate surface area is 229 Å². The average Bonchev–Trinajstić information content (AvgIpc) is 2.93. The molecule has 1 amide bonds. The number of halogens is 2. The number of ether oxygens (including phenoxy) is 1. The number of carbonyl (C=O) groups excluding carboxylic acids is 1. The van der Waals surface area contributed by atoms with E-state index in [-0.39, 0.29) is 11.7 Å². The predicted octanol–water partition coefficient (Wildman–Crippen LogP) is 5.86. The number of amides is 1. The van der Waals surface area contributed by atoms with E-state index in [1.165, 1.54) is 19.1 Å². The Morgan fingerprint density at radius 2 is 1.82 bits per heavy atom. The van der Waals surface area contributed by atoms with Gasteiger partial charge in [0.05, 0.1) is 35.8 Å². The van der Waals surface area contributed by atoms with E-state index in [1.807, 2.05) is 43.9 Å². The molecule has 0 aliphatic carbocycles. The van der Waals surface area contributed by atoms with Gasteiger partial charge in [-0.05, 0) is 47.1 Å². The molecule has 1 aliphatic heterocycles. The van der Waals surface area contributed by atoms with Gasteiger partial charge in [0.2, 0.25) is 11.9 Å². The van der Waals surface area contributed by atoms with Crippen LogP contribution in [0.2, 0.25) is 0 Å². The molecule has 9 nitrogen and oxygen atoms in total. The number of nitrogens with zero attached hydrogens (tertiary/aromatic N) is 5.